The average Bonchev–Trinajstić information content (AvgIpc) is 3.11. The number of aryl methyl sites for hydroxylation is 2. The minimum Gasteiger partial charge on any atom is -0.350 e. The number of carbonyl (C=O) groups is 2. The minimum absolute atomic E-state index is 0.266. The summed E-state index contributed by atoms with van der Waals surface area (Å²) in [6.45, 7) is 7.07. The van der Waals surface area contributed by atoms with Crippen molar-refractivity contribution in [3.8, 4) is 0 Å². The number of amides is 2. The molecule has 0 aromatic carbocycles. The third-order valence-corrected chi connectivity index (χ3v) is 3.32. The summed E-state index contributed by atoms with van der Waals surface area (Å²) in [5, 5.41) is 13.7. The second-order valence-electron chi connectivity index (χ2n) is 5.62. The first-order chi connectivity index (χ1) is 10.9. The maximum absolute atomic E-state index is 12.4. The molecule has 2 aromatic heterocycles. The molecule has 0 saturated heterocycles. The summed E-state index contributed by atoms with van der Waals surface area (Å²) in [5.41, 5.74) is 1.13. The van der Waals surface area contributed by atoms with Gasteiger partial charge in [0.1, 0.15) is 11.4 Å². The number of hydrogen-bond acceptors (Lipinski definition) is 4. The largest absolute Gasteiger partial charge is 0.350 e. The van der Waals surface area contributed by atoms with Crippen LogP contribution in [0.25, 0.3) is 0 Å². The highest BCUT2D eigenvalue weighted by molar-refractivity contribution is 6.07. The molecule has 124 valence electrons. The fraction of sp³-hybridized carbons (Fsp3) is 0.467. The molecule has 0 atom stereocenters. The van der Waals surface area contributed by atoms with Gasteiger partial charge >= 0.3 is 0 Å². The first kappa shape index (κ1) is 16.7. The number of carbonyl (C=O) groups excluding carboxylic acids is 2. The lowest BCUT2D eigenvalue weighted by Crippen LogP contribution is -2.30. The summed E-state index contributed by atoms with van der Waals surface area (Å²) in [6.07, 6.45) is 3.03. The molecule has 0 spiro atoms. The molecule has 8 nitrogen and oxygen atoms in total. The minimum atomic E-state index is -0.324. The maximum atomic E-state index is 12.4. The molecule has 23 heavy (non-hydrogen) atoms. The number of anilines is 1. The molecule has 0 unspecified atom stereocenters. The zero-order chi connectivity index (χ0) is 17.0. The second kappa shape index (κ2) is 7.08. The van der Waals surface area contributed by atoms with Crippen molar-refractivity contribution in [2.45, 2.75) is 27.3 Å². The Kier molecular flexibility index (Phi) is 5.15. The number of nitrogens with zero attached hydrogens (tertiary/aromatic N) is 4. The number of aromatic nitrogens is 4. The van der Waals surface area contributed by atoms with E-state index in [1.165, 1.54) is 10.9 Å². The van der Waals surface area contributed by atoms with Gasteiger partial charge in [-0.1, -0.05) is 13.8 Å². The van der Waals surface area contributed by atoms with Gasteiger partial charge in [-0.25, -0.2) is 0 Å². The van der Waals surface area contributed by atoms with Crippen molar-refractivity contribution < 1.29 is 9.59 Å². The van der Waals surface area contributed by atoms with Crippen LogP contribution in [-0.2, 0) is 13.6 Å². The Morgan fingerprint density at radius 3 is 2.65 bits per heavy atom. The molecule has 0 radical (unpaired) electrons. The van der Waals surface area contributed by atoms with Gasteiger partial charge in [-0.2, -0.15) is 10.2 Å². The van der Waals surface area contributed by atoms with Crippen molar-refractivity contribution in [1.82, 2.24) is 24.9 Å². The van der Waals surface area contributed by atoms with Crippen molar-refractivity contribution >= 4 is 17.5 Å². The Balaban J connectivity index is 2.18. The van der Waals surface area contributed by atoms with Crippen LogP contribution in [-0.4, -0.2) is 37.9 Å². The van der Waals surface area contributed by atoms with Crippen LogP contribution in [0.1, 0.15) is 41.7 Å². The fourth-order valence-electron chi connectivity index (χ4n) is 2.14. The third-order valence-electron chi connectivity index (χ3n) is 3.32. The topological polar surface area (TPSA) is 93.8 Å². The van der Waals surface area contributed by atoms with E-state index in [9.17, 15) is 9.59 Å². The molecule has 2 aromatic rings. The van der Waals surface area contributed by atoms with E-state index in [-0.39, 0.29) is 11.8 Å². The van der Waals surface area contributed by atoms with Gasteiger partial charge in [0.25, 0.3) is 11.8 Å². The van der Waals surface area contributed by atoms with Gasteiger partial charge in [0.2, 0.25) is 0 Å². The standard InChI is InChI=1S/C15H22N6O2/c1-5-21-12(6-7-17-21)14(22)19-11-9-18-20(4)13(11)15(23)16-8-10(2)3/h6-7,9-10H,5,8H2,1-4H3,(H,16,23)(H,19,22). The molecule has 2 N–H and O–H groups in total. The molecule has 0 aliphatic rings. The number of hydrogen-bond donors (Lipinski definition) is 2. The van der Waals surface area contributed by atoms with E-state index < -0.39 is 0 Å². The van der Waals surface area contributed by atoms with E-state index in [1.807, 2.05) is 20.8 Å². The monoisotopic (exact) mass is 318 g/mol. The van der Waals surface area contributed by atoms with Crippen LogP contribution >= 0.6 is 0 Å². The predicted molar refractivity (Wildman–Crippen MR) is 86.2 cm³/mol. The van der Waals surface area contributed by atoms with Crippen molar-refractivity contribution in [3.05, 3.63) is 29.8 Å². The van der Waals surface area contributed by atoms with Crippen LogP contribution in [0.5, 0.6) is 0 Å². The third kappa shape index (κ3) is 3.77. The van der Waals surface area contributed by atoms with Crippen LogP contribution < -0.4 is 10.6 Å². The quantitative estimate of drug-likeness (QED) is 0.839. The van der Waals surface area contributed by atoms with E-state index in [1.54, 1.807) is 24.0 Å². The zero-order valence-electron chi connectivity index (χ0n) is 13.8. The molecule has 2 heterocycles. The van der Waals surface area contributed by atoms with Crippen LogP contribution in [0, 0.1) is 5.92 Å². The Morgan fingerprint density at radius 2 is 2.00 bits per heavy atom. The molecule has 0 aliphatic carbocycles. The smallest absolute Gasteiger partial charge is 0.274 e. The van der Waals surface area contributed by atoms with E-state index in [0.717, 1.165) is 0 Å². The van der Waals surface area contributed by atoms with E-state index in [2.05, 4.69) is 20.8 Å². The van der Waals surface area contributed by atoms with Crippen molar-refractivity contribution in [2.24, 2.45) is 13.0 Å². The molecule has 0 fully saturated rings. The Bertz CT molecular complexity index is 701. The van der Waals surface area contributed by atoms with Gasteiger partial charge in [-0.15, -0.1) is 0 Å². The van der Waals surface area contributed by atoms with Crippen LogP contribution in [0.4, 0.5) is 5.69 Å². The Hall–Kier alpha value is -2.64. The molecule has 0 saturated carbocycles. The highest BCUT2D eigenvalue weighted by atomic mass is 16.2. The van der Waals surface area contributed by atoms with E-state index in [0.29, 0.717) is 36.1 Å². The molecule has 0 aliphatic heterocycles. The second-order valence-corrected chi connectivity index (χ2v) is 5.62. The summed E-state index contributed by atoms with van der Waals surface area (Å²) in [7, 11) is 1.66. The summed E-state index contributed by atoms with van der Waals surface area (Å²) in [5.74, 6) is -0.252. The summed E-state index contributed by atoms with van der Waals surface area (Å²) < 4.78 is 3.03. The molecule has 8 heteroatoms. The predicted octanol–water partition coefficient (Wildman–Crippen LogP) is 1.27. The first-order valence-corrected chi connectivity index (χ1v) is 7.57. The van der Waals surface area contributed by atoms with Gasteiger partial charge in [0.15, 0.2) is 0 Å². The van der Waals surface area contributed by atoms with Gasteiger partial charge in [0, 0.05) is 26.3 Å². The lowest BCUT2D eigenvalue weighted by Gasteiger charge is -2.10. The molecule has 2 amide bonds. The summed E-state index contributed by atoms with van der Waals surface area (Å²) in [6, 6.07) is 1.63. The van der Waals surface area contributed by atoms with Gasteiger partial charge in [0.05, 0.1) is 11.9 Å². The van der Waals surface area contributed by atoms with Crippen LogP contribution in [0.15, 0.2) is 18.5 Å². The highest BCUT2D eigenvalue weighted by Crippen LogP contribution is 2.15. The van der Waals surface area contributed by atoms with Gasteiger partial charge in [-0.3, -0.25) is 19.0 Å². The Morgan fingerprint density at radius 1 is 1.26 bits per heavy atom. The number of nitrogens with one attached hydrogen (secondary N) is 2. The van der Waals surface area contributed by atoms with Gasteiger partial charge < -0.3 is 10.6 Å². The first-order valence-electron chi connectivity index (χ1n) is 7.57. The van der Waals surface area contributed by atoms with Crippen LogP contribution in [0.2, 0.25) is 0 Å². The van der Waals surface area contributed by atoms with Crippen molar-refractivity contribution in [2.75, 3.05) is 11.9 Å². The van der Waals surface area contributed by atoms with Crippen molar-refractivity contribution in [3.63, 3.8) is 0 Å². The molecular weight excluding hydrogens is 296 g/mol. The molecule has 2 rings (SSSR count). The highest BCUT2D eigenvalue weighted by Gasteiger charge is 2.20. The van der Waals surface area contributed by atoms with Gasteiger partial charge in [-0.05, 0) is 18.9 Å². The lowest BCUT2D eigenvalue weighted by molar-refractivity contribution is 0.0940. The van der Waals surface area contributed by atoms with E-state index >= 15 is 0 Å². The SMILES string of the molecule is CCn1nccc1C(=O)Nc1cnn(C)c1C(=O)NCC(C)C. The zero-order valence-corrected chi connectivity index (χ0v) is 13.8. The summed E-state index contributed by atoms with van der Waals surface area (Å²) >= 11 is 0. The molecule has 0 bridgehead atoms. The normalized spacial score (nSPS) is 10.8. The Labute approximate surface area is 134 Å². The maximum Gasteiger partial charge on any atom is 0.274 e. The number of rotatable bonds is 6. The lowest BCUT2D eigenvalue weighted by atomic mass is 10.2. The van der Waals surface area contributed by atoms with E-state index in [4.69, 9.17) is 0 Å². The summed E-state index contributed by atoms with van der Waals surface area (Å²) in [4.78, 5) is 24.7. The average molecular weight is 318 g/mol. The molecular formula is C15H22N6O2. The van der Waals surface area contributed by atoms with Crippen LogP contribution in [0.3, 0.4) is 0 Å². The fourth-order valence-corrected chi connectivity index (χ4v) is 2.14. The van der Waals surface area contributed by atoms with Crippen molar-refractivity contribution in [1.29, 1.82) is 0 Å².